The van der Waals surface area contributed by atoms with E-state index in [0.717, 1.165) is 24.5 Å². The van der Waals surface area contributed by atoms with Gasteiger partial charge < -0.3 is 14.8 Å². The molecule has 0 fully saturated rings. The Kier molecular flexibility index (Phi) is 6.12. The second-order valence-electron chi connectivity index (χ2n) is 5.53. The zero-order valence-corrected chi connectivity index (χ0v) is 13.4. The Hall–Kier alpha value is -1.48. The van der Waals surface area contributed by atoms with Crippen LogP contribution in [0.4, 0.5) is 0 Å². The molecule has 1 aromatic carbocycles. The van der Waals surface area contributed by atoms with E-state index in [2.05, 4.69) is 30.4 Å². The van der Waals surface area contributed by atoms with E-state index in [0.29, 0.717) is 6.04 Å². The molecule has 116 valence electrons. The van der Waals surface area contributed by atoms with E-state index in [1.807, 2.05) is 6.07 Å². The predicted molar refractivity (Wildman–Crippen MR) is 87.1 cm³/mol. The summed E-state index contributed by atoms with van der Waals surface area (Å²) in [6.45, 7) is 3.23. The third-order valence-electron chi connectivity index (χ3n) is 4.04. The molecule has 1 aliphatic rings. The lowest BCUT2D eigenvalue weighted by Gasteiger charge is -2.25. The van der Waals surface area contributed by atoms with Crippen molar-refractivity contribution < 1.29 is 9.47 Å². The zero-order valence-electron chi connectivity index (χ0n) is 13.4. The van der Waals surface area contributed by atoms with Crippen LogP contribution < -0.4 is 14.8 Å². The van der Waals surface area contributed by atoms with Crippen LogP contribution >= 0.6 is 0 Å². The molecule has 1 aliphatic carbocycles. The van der Waals surface area contributed by atoms with E-state index in [9.17, 15) is 0 Å². The number of rotatable bonds is 7. The minimum atomic E-state index is 0.296. The molecule has 0 saturated carbocycles. The Morgan fingerprint density at radius 2 is 1.95 bits per heavy atom. The lowest BCUT2D eigenvalue weighted by atomic mass is 9.89. The number of allylic oxidation sites excluding steroid dienone is 1. The normalized spacial score (nSPS) is 16.2. The first-order valence-corrected chi connectivity index (χ1v) is 7.94. The van der Waals surface area contributed by atoms with Crippen molar-refractivity contribution in [1.29, 1.82) is 0 Å². The summed E-state index contributed by atoms with van der Waals surface area (Å²) in [6.07, 6.45) is 8.55. The fraction of sp³-hybridized carbons (Fsp3) is 0.556. The first-order valence-electron chi connectivity index (χ1n) is 7.94. The molecule has 1 atom stereocenters. The van der Waals surface area contributed by atoms with Crippen molar-refractivity contribution in [1.82, 2.24) is 5.32 Å². The van der Waals surface area contributed by atoms with Crippen LogP contribution in [0.5, 0.6) is 11.5 Å². The maximum Gasteiger partial charge on any atom is 0.161 e. The number of nitrogens with one attached hydrogen (secondary N) is 1. The van der Waals surface area contributed by atoms with Crippen LogP contribution in [-0.2, 0) is 0 Å². The molecular formula is C18H27NO2. The summed E-state index contributed by atoms with van der Waals surface area (Å²) in [5, 5.41) is 3.68. The Morgan fingerprint density at radius 3 is 2.57 bits per heavy atom. The molecular weight excluding hydrogens is 262 g/mol. The highest BCUT2D eigenvalue weighted by atomic mass is 16.5. The average Bonchev–Trinajstić information content (AvgIpc) is 2.56. The minimum absolute atomic E-state index is 0.296. The standard InChI is InChI=1S/C18H27NO2/c1-4-12-19-18(14-8-6-5-7-9-14)15-10-11-16(20-2)17(13-15)21-3/h8,10-11,13,18-19H,4-7,9,12H2,1-3H3. The Bertz CT molecular complexity index is 482. The van der Waals surface area contributed by atoms with Crippen molar-refractivity contribution in [3.05, 3.63) is 35.4 Å². The Morgan fingerprint density at radius 1 is 1.14 bits per heavy atom. The lowest BCUT2D eigenvalue weighted by molar-refractivity contribution is 0.354. The third-order valence-corrected chi connectivity index (χ3v) is 4.04. The van der Waals surface area contributed by atoms with E-state index >= 15 is 0 Å². The van der Waals surface area contributed by atoms with Gasteiger partial charge in [0.15, 0.2) is 11.5 Å². The molecule has 0 bridgehead atoms. The minimum Gasteiger partial charge on any atom is -0.493 e. The van der Waals surface area contributed by atoms with Crippen LogP contribution in [0.3, 0.4) is 0 Å². The van der Waals surface area contributed by atoms with E-state index in [1.54, 1.807) is 14.2 Å². The van der Waals surface area contributed by atoms with Gasteiger partial charge in [-0.25, -0.2) is 0 Å². The van der Waals surface area contributed by atoms with Gasteiger partial charge in [-0.3, -0.25) is 0 Å². The van der Waals surface area contributed by atoms with Gasteiger partial charge in [0.05, 0.1) is 20.3 Å². The lowest BCUT2D eigenvalue weighted by Crippen LogP contribution is -2.24. The number of ether oxygens (including phenoxy) is 2. The predicted octanol–water partition coefficient (Wildman–Crippen LogP) is 4.24. The number of benzene rings is 1. The molecule has 0 saturated heterocycles. The highest BCUT2D eigenvalue weighted by Crippen LogP contribution is 2.35. The van der Waals surface area contributed by atoms with Gasteiger partial charge in [-0.1, -0.05) is 24.6 Å². The van der Waals surface area contributed by atoms with Gasteiger partial charge in [-0.15, -0.1) is 0 Å². The number of methoxy groups -OCH3 is 2. The summed E-state index contributed by atoms with van der Waals surface area (Å²) in [6, 6.07) is 6.54. The summed E-state index contributed by atoms with van der Waals surface area (Å²) in [7, 11) is 3.37. The fourth-order valence-electron chi connectivity index (χ4n) is 2.91. The van der Waals surface area contributed by atoms with Crippen LogP contribution in [0.2, 0.25) is 0 Å². The summed E-state index contributed by atoms with van der Waals surface area (Å²) >= 11 is 0. The maximum atomic E-state index is 5.45. The molecule has 3 heteroatoms. The van der Waals surface area contributed by atoms with E-state index in [1.165, 1.54) is 36.8 Å². The van der Waals surface area contributed by atoms with Gasteiger partial charge in [0, 0.05) is 0 Å². The van der Waals surface area contributed by atoms with Crippen LogP contribution in [-0.4, -0.2) is 20.8 Å². The second-order valence-corrected chi connectivity index (χ2v) is 5.53. The highest BCUT2D eigenvalue weighted by molar-refractivity contribution is 5.45. The van der Waals surface area contributed by atoms with E-state index in [-0.39, 0.29) is 0 Å². The van der Waals surface area contributed by atoms with Crippen molar-refractivity contribution in [3.8, 4) is 11.5 Å². The van der Waals surface area contributed by atoms with Gasteiger partial charge in [-0.05, 0) is 56.3 Å². The maximum absolute atomic E-state index is 5.45. The average molecular weight is 289 g/mol. The van der Waals surface area contributed by atoms with Crippen LogP contribution in [0.25, 0.3) is 0 Å². The van der Waals surface area contributed by atoms with Gasteiger partial charge in [0.1, 0.15) is 0 Å². The molecule has 1 unspecified atom stereocenters. The van der Waals surface area contributed by atoms with Crippen molar-refractivity contribution in [3.63, 3.8) is 0 Å². The molecule has 0 radical (unpaired) electrons. The van der Waals surface area contributed by atoms with Gasteiger partial charge >= 0.3 is 0 Å². The van der Waals surface area contributed by atoms with Gasteiger partial charge in [-0.2, -0.15) is 0 Å². The SMILES string of the molecule is CCCNC(C1=CCCCC1)c1ccc(OC)c(OC)c1. The molecule has 0 spiro atoms. The monoisotopic (exact) mass is 289 g/mol. The molecule has 21 heavy (non-hydrogen) atoms. The first-order chi connectivity index (χ1) is 10.3. The largest absolute Gasteiger partial charge is 0.493 e. The highest BCUT2D eigenvalue weighted by Gasteiger charge is 2.19. The molecule has 0 aromatic heterocycles. The third kappa shape index (κ3) is 4.01. The van der Waals surface area contributed by atoms with Crippen molar-refractivity contribution in [2.24, 2.45) is 0 Å². The number of hydrogen-bond donors (Lipinski definition) is 1. The smallest absolute Gasteiger partial charge is 0.161 e. The zero-order chi connectivity index (χ0) is 15.1. The number of hydrogen-bond acceptors (Lipinski definition) is 3. The molecule has 3 nitrogen and oxygen atoms in total. The van der Waals surface area contributed by atoms with E-state index in [4.69, 9.17) is 9.47 Å². The van der Waals surface area contributed by atoms with E-state index < -0.39 is 0 Å². The first kappa shape index (κ1) is 15.9. The summed E-state index contributed by atoms with van der Waals surface area (Å²) < 4.78 is 10.8. The summed E-state index contributed by atoms with van der Waals surface area (Å²) in [5.41, 5.74) is 2.77. The molecule has 2 rings (SSSR count). The van der Waals surface area contributed by atoms with Crippen molar-refractivity contribution in [2.75, 3.05) is 20.8 Å². The molecule has 1 N–H and O–H groups in total. The van der Waals surface area contributed by atoms with Crippen LogP contribution in [0, 0.1) is 0 Å². The Balaban J connectivity index is 2.29. The van der Waals surface area contributed by atoms with Crippen LogP contribution in [0.15, 0.2) is 29.8 Å². The topological polar surface area (TPSA) is 30.5 Å². The fourth-order valence-corrected chi connectivity index (χ4v) is 2.91. The molecule has 1 aromatic rings. The quantitative estimate of drug-likeness (QED) is 0.761. The summed E-state index contributed by atoms with van der Waals surface area (Å²) in [5.74, 6) is 1.59. The molecule has 0 amide bonds. The molecule has 0 aliphatic heterocycles. The molecule has 0 heterocycles. The van der Waals surface area contributed by atoms with Crippen molar-refractivity contribution in [2.45, 2.75) is 45.1 Å². The van der Waals surface area contributed by atoms with Gasteiger partial charge in [0.2, 0.25) is 0 Å². The van der Waals surface area contributed by atoms with Crippen molar-refractivity contribution >= 4 is 0 Å². The Labute approximate surface area is 128 Å². The summed E-state index contributed by atoms with van der Waals surface area (Å²) in [4.78, 5) is 0. The van der Waals surface area contributed by atoms with Gasteiger partial charge in [0.25, 0.3) is 0 Å². The van der Waals surface area contributed by atoms with Crippen LogP contribution in [0.1, 0.15) is 50.6 Å². The second kappa shape index (κ2) is 8.08.